The lowest BCUT2D eigenvalue weighted by atomic mass is 10.1. The molecule has 1 saturated heterocycles. The molecule has 0 bridgehead atoms. The van der Waals surface area contributed by atoms with Crippen LogP contribution in [0.15, 0.2) is 35.2 Å². The Morgan fingerprint density at radius 2 is 1.68 bits per heavy atom. The van der Waals surface area contributed by atoms with E-state index in [1.54, 1.807) is 30.3 Å². The minimum atomic E-state index is -3.54. The molecule has 1 aromatic rings. The fraction of sp³-hybridized carbons (Fsp3) is 0.611. The number of carbonyl (C=O) groups is 1. The minimum absolute atomic E-state index is 0.0295. The topological polar surface area (TPSA) is 69.7 Å². The summed E-state index contributed by atoms with van der Waals surface area (Å²) in [7, 11) is -3.54. The van der Waals surface area contributed by atoms with Crippen molar-refractivity contribution in [1.29, 1.82) is 0 Å². The predicted molar refractivity (Wildman–Crippen MR) is 96.7 cm³/mol. The molecule has 25 heavy (non-hydrogen) atoms. The largest absolute Gasteiger partial charge is 0.340 e. The number of carbonyl (C=O) groups excluding carboxylic acids is 1. The molecule has 6 nitrogen and oxygen atoms in total. The van der Waals surface area contributed by atoms with E-state index in [9.17, 15) is 13.2 Å². The Labute approximate surface area is 150 Å². The number of nitrogens with zero attached hydrogens (tertiary/aromatic N) is 2. The highest BCUT2D eigenvalue weighted by atomic mass is 32.2. The molecule has 1 aliphatic heterocycles. The van der Waals surface area contributed by atoms with Crippen LogP contribution >= 0.6 is 0 Å². The highest BCUT2D eigenvalue weighted by molar-refractivity contribution is 7.89. The average Bonchev–Trinajstić information content (AvgIpc) is 3.17. The summed E-state index contributed by atoms with van der Waals surface area (Å²) in [5.41, 5.74) is 0. The number of hydrogen-bond acceptors (Lipinski definition) is 4. The maximum absolute atomic E-state index is 12.3. The third-order valence-electron chi connectivity index (χ3n) is 5.19. The molecule has 3 rings (SSSR count). The van der Waals surface area contributed by atoms with Gasteiger partial charge in [0.1, 0.15) is 0 Å². The third kappa shape index (κ3) is 4.80. The van der Waals surface area contributed by atoms with E-state index < -0.39 is 10.0 Å². The van der Waals surface area contributed by atoms with Crippen LogP contribution < -0.4 is 4.72 Å². The first-order valence-corrected chi connectivity index (χ1v) is 10.6. The van der Waals surface area contributed by atoms with Crippen molar-refractivity contribution in [3.63, 3.8) is 0 Å². The average molecular weight is 365 g/mol. The number of sulfonamides is 1. The second kappa shape index (κ2) is 8.29. The summed E-state index contributed by atoms with van der Waals surface area (Å²) in [5, 5.41) is 0. The van der Waals surface area contributed by atoms with E-state index in [1.807, 2.05) is 4.90 Å². The molecule has 1 aliphatic carbocycles. The maximum Gasteiger partial charge on any atom is 0.240 e. The lowest BCUT2D eigenvalue weighted by Crippen LogP contribution is -2.51. The maximum atomic E-state index is 12.3. The van der Waals surface area contributed by atoms with Crippen LogP contribution in [-0.2, 0) is 14.8 Å². The molecule has 0 atom stereocenters. The van der Waals surface area contributed by atoms with Gasteiger partial charge in [0, 0.05) is 45.2 Å². The summed E-state index contributed by atoms with van der Waals surface area (Å²) in [4.78, 5) is 16.9. The molecule has 1 aromatic carbocycles. The second-order valence-electron chi connectivity index (χ2n) is 6.82. The van der Waals surface area contributed by atoms with Crippen LogP contribution in [0.1, 0.15) is 32.1 Å². The number of hydrogen-bond donors (Lipinski definition) is 1. The van der Waals surface area contributed by atoms with Gasteiger partial charge >= 0.3 is 0 Å². The quantitative estimate of drug-likeness (QED) is 0.828. The van der Waals surface area contributed by atoms with Crippen LogP contribution in [0.4, 0.5) is 0 Å². The minimum Gasteiger partial charge on any atom is -0.340 e. The summed E-state index contributed by atoms with van der Waals surface area (Å²) in [6.07, 6.45) is 5.43. The van der Waals surface area contributed by atoms with Crippen molar-refractivity contribution in [2.45, 2.75) is 43.0 Å². The van der Waals surface area contributed by atoms with Gasteiger partial charge in [-0.15, -0.1) is 0 Å². The molecule has 0 aromatic heterocycles. The molecule has 1 heterocycles. The second-order valence-corrected chi connectivity index (χ2v) is 8.58. The van der Waals surface area contributed by atoms with Crippen LogP contribution in [-0.4, -0.2) is 62.9 Å². The van der Waals surface area contributed by atoms with Crippen LogP contribution in [0.5, 0.6) is 0 Å². The third-order valence-corrected chi connectivity index (χ3v) is 6.67. The van der Waals surface area contributed by atoms with E-state index in [0.717, 1.165) is 26.2 Å². The van der Waals surface area contributed by atoms with Gasteiger partial charge in [0.25, 0.3) is 0 Å². The molecule has 0 radical (unpaired) electrons. The zero-order valence-corrected chi connectivity index (χ0v) is 15.4. The van der Waals surface area contributed by atoms with Gasteiger partial charge in [-0.25, -0.2) is 13.1 Å². The normalized spacial score (nSPS) is 20.1. The fourth-order valence-electron chi connectivity index (χ4n) is 3.74. The number of nitrogens with one attached hydrogen (secondary N) is 1. The zero-order valence-electron chi connectivity index (χ0n) is 14.6. The van der Waals surface area contributed by atoms with E-state index in [1.165, 1.54) is 25.7 Å². The van der Waals surface area contributed by atoms with Gasteiger partial charge < -0.3 is 4.90 Å². The van der Waals surface area contributed by atoms with Crippen LogP contribution in [0.3, 0.4) is 0 Å². The number of piperazine rings is 1. The first-order chi connectivity index (χ1) is 12.1. The smallest absolute Gasteiger partial charge is 0.240 e. The predicted octanol–water partition coefficient (Wildman–Crippen LogP) is 1.44. The van der Waals surface area contributed by atoms with E-state index in [4.69, 9.17) is 0 Å². The molecule has 1 amide bonds. The highest BCUT2D eigenvalue weighted by Gasteiger charge is 2.27. The lowest BCUT2D eigenvalue weighted by Gasteiger charge is -2.38. The molecule has 2 fully saturated rings. The zero-order chi connectivity index (χ0) is 17.7. The standard InChI is InChI=1S/C18H27N3O3S/c22-18(10-11-19-25(23,24)17-8-2-1-3-9-17)21-14-12-20(13-15-21)16-6-4-5-7-16/h1-3,8-9,16,19H,4-7,10-15H2. The van der Waals surface area contributed by atoms with Crippen molar-refractivity contribution in [3.8, 4) is 0 Å². The van der Waals surface area contributed by atoms with Crippen molar-refractivity contribution >= 4 is 15.9 Å². The van der Waals surface area contributed by atoms with Crippen molar-refractivity contribution in [1.82, 2.24) is 14.5 Å². The molecule has 0 spiro atoms. The van der Waals surface area contributed by atoms with Crippen molar-refractivity contribution < 1.29 is 13.2 Å². The Bertz CT molecular complexity index is 664. The molecule has 138 valence electrons. The lowest BCUT2D eigenvalue weighted by molar-refractivity contribution is -0.133. The van der Waals surface area contributed by atoms with Gasteiger partial charge in [0.05, 0.1) is 4.90 Å². The molecule has 1 saturated carbocycles. The monoisotopic (exact) mass is 365 g/mol. The Hall–Kier alpha value is -1.44. The van der Waals surface area contributed by atoms with Gasteiger partial charge in [-0.2, -0.15) is 0 Å². The van der Waals surface area contributed by atoms with Gasteiger partial charge in [0.2, 0.25) is 15.9 Å². The van der Waals surface area contributed by atoms with Gasteiger partial charge in [0.15, 0.2) is 0 Å². The first kappa shape index (κ1) is 18.4. The summed E-state index contributed by atoms with van der Waals surface area (Å²) < 4.78 is 26.8. The highest BCUT2D eigenvalue weighted by Crippen LogP contribution is 2.24. The van der Waals surface area contributed by atoms with Gasteiger partial charge in [-0.05, 0) is 25.0 Å². The summed E-state index contributed by atoms with van der Waals surface area (Å²) in [5.74, 6) is 0.0295. The Balaban J connectivity index is 1.41. The van der Waals surface area contributed by atoms with E-state index in [0.29, 0.717) is 6.04 Å². The summed E-state index contributed by atoms with van der Waals surface area (Å²) >= 11 is 0. The molecular formula is C18H27N3O3S. The van der Waals surface area contributed by atoms with E-state index in [2.05, 4.69) is 9.62 Å². The fourth-order valence-corrected chi connectivity index (χ4v) is 4.79. The number of rotatable bonds is 6. The molecule has 0 unspecified atom stereocenters. The number of benzene rings is 1. The Morgan fingerprint density at radius 1 is 1.04 bits per heavy atom. The summed E-state index contributed by atoms with van der Waals surface area (Å²) in [6.45, 7) is 3.51. The van der Waals surface area contributed by atoms with Crippen LogP contribution in [0.2, 0.25) is 0 Å². The molecule has 2 aliphatic rings. The van der Waals surface area contributed by atoms with Gasteiger partial charge in [-0.1, -0.05) is 31.0 Å². The SMILES string of the molecule is O=C(CCNS(=O)(=O)c1ccccc1)N1CCN(C2CCCC2)CC1. The molecule has 7 heteroatoms. The Morgan fingerprint density at radius 3 is 2.32 bits per heavy atom. The van der Waals surface area contributed by atoms with Crippen molar-refractivity contribution in [2.75, 3.05) is 32.7 Å². The van der Waals surface area contributed by atoms with Crippen molar-refractivity contribution in [3.05, 3.63) is 30.3 Å². The van der Waals surface area contributed by atoms with Crippen molar-refractivity contribution in [2.24, 2.45) is 0 Å². The van der Waals surface area contributed by atoms with Crippen LogP contribution in [0.25, 0.3) is 0 Å². The van der Waals surface area contributed by atoms with E-state index >= 15 is 0 Å². The molecule has 1 N–H and O–H groups in total. The number of amides is 1. The van der Waals surface area contributed by atoms with E-state index in [-0.39, 0.29) is 23.8 Å². The summed E-state index contributed by atoms with van der Waals surface area (Å²) in [6, 6.07) is 8.94. The first-order valence-electron chi connectivity index (χ1n) is 9.13. The van der Waals surface area contributed by atoms with Gasteiger partial charge in [-0.3, -0.25) is 9.69 Å². The Kier molecular flexibility index (Phi) is 6.09. The molecular weight excluding hydrogens is 338 g/mol. The van der Waals surface area contributed by atoms with Crippen LogP contribution in [0, 0.1) is 0 Å².